The molecule has 3 aromatic rings. The Balaban J connectivity index is 2.21. The molecular weight excluding hydrogens is 248 g/mol. The molecule has 2 aromatic carbocycles. The molecule has 102 valence electrons. The molecule has 0 aliphatic heterocycles. The summed E-state index contributed by atoms with van der Waals surface area (Å²) in [6.45, 7) is 3.15. The Morgan fingerprint density at radius 3 is 2.75 bits per heavy atom. The zero-order valence-electron chi connectivity index (χ0n) is 11.8. The second-order valence-corrected chi connectivity index (χ2v) is 4.81. The van der Waals surface area contributed by atoms with Crippen molar-refractivity contribution >= 4 is 11.0 Å². The fourth-order valence-corrected chi connectivity index (χ4v) is 2.51. The molecule has 3 rings (SSSR count). The predicted octanol–water partition coefficient (Wildman–Crippen LogP) is 4.12. The Morgan fingerprint density at radius 1 is 1.10 bits per heavy atom. The van der Waals surface area contributed by atoms with Crippen LogP contribution in [0.15, 0.2) is 48.5 Å². The molecule has 0 unspecified atom stereocenters. The number of hydrogen-bond acceptors (Lipinski definition) is 2. The number of ether oxygens (including phenoxy) is 1. The molecule has 1 heterocycles. The smallest absolute Gasteiger partial charge is 0.141 e. The molecule has 0 saturated carbocycles. The summed E-state index contributed by atoms with van der Waals surface area (Å²) in [4.78, 5) is 4.78. The summed E-state index contributed by atoms with van der Waals surface area (Å²) in [7, 11) is 1.69. The number of benzene rings is 2. The average Bonchev–Trinajstić information content (AvgIpc) is 2.87. The van der Waals surface area contributed by atoms with E-state index in [9.17, 15) is 0 Å². The monoisotopic (exact) mass is 266 g/mol. The number of fused-ring (bicyclic) bond motifs is 1. The van der Waals surface area contributed by atoms with Crippen molar-refractivity contribution in [3.63, 3.8) is 0 Å². The molecule has 0 atom stereocenters. The van der Waals surface area contributed by atoms with E-state index in [2.05, 4.69) is 35.8 Å². The number of rotatable bonds is 4. The van der Waals surface area contributed by atoms with Gasteiger partial charge in [0.2, 0.25) is 0 Å². The number of methoxy groups -OCH3 is 1. The normalized spacial score (nSPS) is 10.9. The Bertz CT molecular complexity index is 731. The minimum atomic E-state index is 0.859. The molecule has 0 N–H and O–H groups in total. The third-order valence-electron chi connectivity index (χ3n) is 3.43. The summed E-state index contributed by atoms with van der Waals surface area (Å²) in [5.41, 5.74) is 3.32. The van der Waals surface area contributed by atoms with Crippen molar-refractivity contribution in [2.24, 2.45) is 0 Å². The van der Waals surface area contributed by atoms with Crippen LogP contribution in [0.2, 0.25) is 0 Å². The van der Waals surface area contributed by atoms with Gasteiger partial charge in [-0.2, -0.15) is 0 Å². The molecule has 0 spiro atoms. The van der Waals surface area contributed by atoms with Crippen LogP contribution < -0.4 is 4.74 Å². The predicted molar refractivity (Wildman–Crippen MR) is 82.0 cm³/mol. The number of aromatic nitrogens is 2. The summed E-state index contributed by atoms with van der Waals surface area (Å²) in [6, 6.07) is 16.3. The van der Waals surface area contributed by atoms with Crippen molar-refractivity contribution in [1.82, 2.24) is 9.55 Å². The Labute approximate surface area is 118 Å². The first-order valence-corrected chi connectivity index (χ1v) is 6.93. The van der Waals surface area contributed by atoms with Crippen LogP contribution in [0.4, 0.5) is 0 Å². The van der Waals surface area contributed by atoms with Gasteiger partial charge in [0.15, 0.2) is 0 Å². The third kappa shape index (κ3) is 2.16. The van der Waals surface area contributed by atoms with Crippen molar-refractivity contribution in [3.8, 4) is 17.1 Å². The molecule has 1 aromatic heterocycles. The van der Waals surface area contributed by atoms with Gasteiger partial charge in [0.25, 0.3) is 0 Å². The van der Waals surface area contributed by atoms with E-state index in [0.717, 1.165) is 35.6 Å². The molecular formula is C17H18N2O. The molecule has 3 heteroatoms. The van der Waals surface area contributed by atoms with Crippen LogP contribution in [0.25, 0.3) is 22.4 Å². The van der Waals surface area contributed by atoms with E-state index >= 15 is 0 Å². The first kappa shape index (κ1) is 12.7. The van der Waals surface area contributed by atoms with Gasteiger partial charge in [-0.15, -0.1) is 0 Å². The van der Waals surface area contributed by atoms with Crippen LogP contribution >= 0.6 is 0 Å². The van der Waals surface area contributed by atoms with E-state index in [4.69, 9.17) is 9.72 Å². The van der Waals surface area contributed by atoms with Gasteiger partial charge in [0.1, 0.15) is 11.6 Å². The standard InChI is InChI=1S/C17H18N2O/c1-3-11-19-16-10-5-4-9-15(16)18-17(19)13-7-6-8-14(12-13)20-2/h4-10,12H,3,11H2,1-2H3. The number of hydrogen-bond donors (Lipinski definition) is 0. The zero-order chi connectivity index (χ0) is 13.9. The van der Waals surface area contributed by atoms with Crippen molar-refractivity contribution in [3.05, 3.63) is 48.5 Å². The average molecular weight is 266 g/mol. The highest BCUT2D eigenvalue weighted by molar-refractivity contribution is 5.80. The van der Waals surface area contributed by atoms with Crippen LogP contribution in [-0.4, -0.2) is 16.7 Å². The van der Waals surface area contributed by atoms with Gasteiger partial charge in [-0.25, -0.2) is 4.98 Å². The lowest BCUT2D eigenvalue weighted by molar-refractivity contribution is 0.415. The lowest BCUT2D eigenvalue weighted by Gasteiger charge is -2.08. The maximum Gasteiger partial charge on any atom is 0.141 e. The van der Waals surface area contributed by atoms with E-state index in [1.54, 1.807) is 7.11 Å². The topological polar surface area (TPSA) is 27.1 Å². The van der Waals surface area contributed by atoms with E-state index < -0.39 is 0 Å². The molecule has 0 bridgehead atoms. The lowest BCUT2D eigenvalue weighted by Crippen LogP contribution is -1.99. The highest BCUT2D eigenvalue weighted by Crippen LogP contribution is 2.27. The third-order valence-corrected chi connectivity index (χ3v) is 3.43. The van der Waals surface area contributed by atoms with Gasteiger partial charge >= 0.3 is 0 Å². The van der Waals surface area contributed by atoms with Crippen LogP contribution in [0.5, 0.6) is 5.75 Å². The summed E-state index contributed by atoms with van der Waals surface area (Å²) < 4.78 is 7.60. The van der Waals surface area contributed by atoms with Crippen molar-refractivity contribution in [2.75, 3.05) is 7.11 Å². The van der Waals surface area contributed by atoms with Crippen molar-refractivity contribution < 1.29 is 4.74 Å². The number of imidazole rings is 1. The molecule has 0 fully saturated rings. The van der Waals surface area contributed by atoms with Crippen LogP contribution in [-0.2, 0) is 6.54 Å². The second-order valence-electron chi connectivity index (χ2n) is 4.81. The van der Waals surface area contributed by atoms with Gasteiger partial charge in [0, 0.05) is 12.1 Å². The number of nitrogens with zero attached hydrogens (tertiary/aromatic N) is 2. The Hall–Kier alpha value is -2.29. The Kier molecular flexibility index (Phi) is 3.42. The molecule has 3 nitrogen and oxygen atoms in total. The minimum absolute atomic E-state index is 0.859. The minimum Gasteiger partial charge on any atom is -0.497 e. The summed E-state index contributed by atoms with van der Waals surface area (Å²) in [6.07, 6.45) is 1.08. The van der Waals surface area contributed by atoms with Crippen molar-refractivity contribution in [1.29, 1.82) is 0 Å². The Morgan fingerprint density at radius 2 is 1.95 bits per heavy atom. The highest BCUT2D eigenvalue weighted by Gasteiger charge is 2.12. The molecule has 0 aliphatic carbocycles. The lowest BCUT2D eigenvalue weighted by atomic mass is 10.2. The van der Waals surface area contributed by atoms with E-state index in [1.165, 1.54) is 5.52 Å². The van der Waals surface area contributed by atoms with E-state index in [1.807, 2.05) is 24.3 Å². The summed E-state index contributed by atoms with van der Waals surface area (Å²) >= 11 is 0. The summed E-state index contributed by atoms with van der Waals surface area (Å²) in [5, 5.41) is 0. The quantitative estimate of drug-likeness (QED) is 0.710. The number of aryl methyl sites for hydroxylation is 1. The van der Waals surface area contributed by atoms with E-state index in [-0.39, 0.29) is 0 Å². The van der Waals surface area contributed by atoms with Crippen LogP contribution in [0.3, 0.4) is 0 Å². The van der Waals surface area contributed by atoms with Gasteiger partial charge < -0.3 is 9.30 Å². The van der Waals surface area contributed by atoms with Gasteiger partial charge in [-0.3, -0.25) is 0 Å². The highest BCUT2D eigenvalue weighted by atomic mass is 16.5. The maximum absolute atomic E-state index is 5.31. The molecule has 0 radical (unpaired) electrons. The number of para-hydroxylation sites is 2. The molecule has 0 amide bonds. The van der Waals surface area contributed by atoms with Crippen LogP contribution in [0, 0.1) is 0 Å². The van der Waals surface area contributed by atoms with Gasteiger partial charge in [0.05, 0.1) is 18.1 Å². The summed E-state index contributed by atoms with van der Waals surface area (Å²) in [5.74, 6) is 1.87. The van der Waals surface area contributed by atoms with Gasteiger partial charge in [-0.1, -0.05) is 31.2 Å². The molecule has 0 aliphatic rings. The van der Waals surface area contributed by atoms with Crippen molar-refractivity contribution in [2.45, 2.75) is 19.9 Å². The SMILES string of the molecule is CCCn1c(-c2cccc(OC)c2)nc2ccccc21. The zero-order valence-corrected chi connectivity index (χ0v) is 11.8. The first-order valence-electron chi connectivity index (χ1n) is 6.93. The molecule has 0 saturated heterocycles. The maximum atomic E-state index is 5.31. The second kappa shape index (κ2) is 5.37. The fourth-order valence-electron chi connectivity index (χ4n) is 2.51. The fraction of sp³-hybridized carbons (Fsp3) is 0.235. The largest absolute Gasteiger partial charge is 0.497 e. The molecule has 20 heavy (non-hydrogen) atoms. The van der Waals surface area contributed by atoms with Crippen LogP contribution in [0.1, 0.15) is 13.3 Å². The van der Waals surface area contributed by atoms with Gasteiger partial charge in [-0.05, 0) is 30.7 Å². The van der Waals surface area contributed by atoms with E-state index in [0.29, 0.717) is 0 Å². The first-order chi connectivity index (χ1) is 9.83.